The molecule has 1 saturated heterocycles. The van der Waals surface area contributed by atoms with Gasteiger partial charge in [0.05, 0.1) is 13.1 Å². The number of aryl methyl sites for hydroxylation is 2. The lowest BCUT2D eigenvalue weighted by Crippen LogP contribution is -2.41. The molecule has 1 aliphatic heterocycles. The summed E-state index contributed by atoms with van der Waals surface area (Å²) in [6, 6.07) is 2.00. The molecule has 0 bridgehead atoms. The highest BCUT2D eigenvalue weighted by Gasteiger charge is 2.32. The zero-order valence-corrected chi connectivity index (χ0v) is 19.2. The molecule has 2 rings (SSSR count). The van der Waals surface area contributed by atoms with Crippen molar-refractivity contribution < 1.29 is 17.6 Å². The molecule has 0 radical (unpaired) electrons. The quantitative estimate of drug-likeness (QED) is 0.324. The summed E-state index contributed by atoms with van der Waals surface area (Å²) in [6.07, 6.45) is -1.52. The van der Waals surface area contributed by atoms with Crippen LogP contribution in [0.2, 0.25) is 0 Å². The van der Waals surface area contributed by atoms with E-state index in [1.54, 1.807) is 0 Å². The van der Waals surface area contributed by atoms with Crippen molar-refractivity contribution in [2.45, 2.75) is 52.8 Å². The predicted molar refractivity (Wildman–Crippen MR) is 116 cm³/mol. The van der Waals surface area contributed by atoms with Gasteiger partial charge in [-0.25, -0.2) is 4.99 Å². The first-order chi connectivity index (χ1) is 12.8. The van der Waals surface area contributed by atoms with E-state index in [9.17, 15) is 13.2 Å². The standard InChI is InChI=1S/C19H31F3N4O.HI/c1-4-23-18(25-12-17-11-14(2)27-15(17)3)24-8-5-16-6-9-26(10-7-16)13-19(20,21)22;/h11,16H,4-10,12-13H2,1-3H3,(H2,23,24,25);1H. The average Bonchev–Trinajstić information content (AvgIpc) is 2.90. The fourth-order valence-electron chi connectivity index (χ4n) is 3.43. The number of nitrogens with zero attached hydrogens (tertiary/aromatic N) is 2. The minimum atomic E-state index is -4.10. The van der Waals surface area contributed by atoms with E-state index in [1.165, 1.54) is 4.90 Å². The average molecular weight is 516 g/mol. The van der Waals surface area contributed by atoms with Gasteiger partial charge in [0.2, 0.25) is 0 Å². The number of piperidine rings is 1. The van der Waals surface area contributed by atoms with E-state index >= 15 is 0 Å². The minimum Gasteiger partial charge on any atom is -0.466 e. The van der Waals surface area contributed by atoms with Gasteiger partial charge in [0.1, 0.15) is 11.5 Å². The lowest BCUT2D eigenvalue weighted by molar-refractivity contribution is -0.148. The molecule has 0 saturated carbocycles. The highest BCUT2D eigenvalue weighted by Crippen LogP contribution is 2.24. The normalized spacial score (nSPS) is 16.7. The molecule has 0 aliphatic carbocycles. The number of nitrogens with one attached hydrogen (secondary N) is 2. The van der Waals surface area contributed by atoms with Crippen molar-refractivity contribution in [3.8, 4) is 0 Å². The molecule has 1 fully saturated rings. The number of hydrogen-bond acceptors (Lipinski definition) is 3. The molecule has 9 heteroatoms. The van der Waals surface area contributed by atoms with Crippen molar-refractivity contribution in [3.63, 3.8) is 0 Å². The summed E-state index contributed by atoms with van der Waals surface area (Å²) in [7, 11) is 0. The summed E-state index contributed by atoms with van der Waals surface area (Å²) in [5.74, 6) is 2.99. The van der Waals surface area contributed by atoms with Crippen LogP contribution in [0.4, 0.5) is 13.2 Å². The first-order valence-electron chi connectivity index (χ1n) is 9.64. The van der Waals surface area contributed by atoms with Crippen LogP contribution < -0.4 is 10.6 Å². The largest absolute Gasteiger partial charge is 0.466 e. The highest BCUT2D eigenvalue weighted by atomic mass is 127. The second kappa shape index (κ2) is 11.9. The van der Waals surface area contributed by atoms with Crippen molar-refractivity contribution in [3.05, 3.63) is 23.2 Å². The van der Waals surface area contributed by atoms with Gasteiger partial charge in [0, 0.05) is 18.7 Å². The van der Waals surface area contributed by atoms with Crippen LogP contribution in [-0.4, -0.2) is 49.8 Å². The molecule has 2 N–H and O–H groups in total. The van der Waals surface area contributed by atoms with Crippen LogP contribution in [0.15, 0.2) is 15.5 Å². The fourth-order valence-corrected chi connectivity index (χ4v) is 3.43. The van der Waals surface area contributed by atoms with Crippen LogP contribution >= 0.6 is 24.0 Å². The summed E-state index contributed by atoms with van der Waals surface area (Å²) >= 11 is 0. The molecule has 28 heavy (non-hydrogen) atoms. The second-order valence-corrected chi connectivity index (χ2v) is 7.18. The number of aliphatic imine (C=N–C) groups is 1. The smallest absolute Gasteiger partial charge is 0.401 e. The second-order valence-electron chi connectivity index (χ2n) is 7.18. The maximum absolute atomic E-state index is 12.4. The number of guanidine groups is 1. The van der Waals surface area contributed by atoms with Gasteiger partial charge in [-0.05, 0) is 65.1 Å². The molecule has 1 aliphatic rings. The van der Waals surface area contributed by atoms with Crippen molar-refractivity contribution in [2.75, 3.05) is 32.7 Å². The van der Waals surface area contributed by atoms with Gasteiger partial charge in [-0.2, -0.15) is 13.2 Å². The molecule has 5 nitrogen and oxygen atoms in total. The highest BCUT2D eigenvalue weighted by molar-refractivity contribution is 14.0. The van der Waals surface area contributed by atoms with Gasteiger partial charge >= 0.3 is 6.18 Å². The minimum absolute atomic E-state index is 0. The summed E-state index contributed by atoms with van der Waals surface area (Å²) in [5, 5.41) is 6.55. The predicted octanol–water partition coefficient (Wildman–Crippen LogP) is 4.23. The van der Waals surface area contributed by atoms with Gasteiger partial charge in [0.25, 0.3) is 0 Å². The molecule has 0 aromatic carbocycles. The molecule has 0 amide bonds. The van der Waals surface area contributed by atoms with Crippen LogP contribution in [0.3, 0.4) is 0 Å². The molecule has 0 atom stereocenters. The zero-order valence-electron chi connectivity index (χ0n) is 16.9. The third-order valence-corrected chi connectivity index (χ3v) is 4.85. The monoisotopic (exact) mass is 516 g/mol. The Morgan fingerprint density at radius 3 is 2.46 bits per heavy atom. The Bertz CT molecular complexity index is 611. The molecule has 162 valence electrons. The summed E-state index contributed by atoms with van der Waals surface area (Å²) in [6.45, 7) is 8.21. The maximum atomic E-state index is 12.4. The lowest BCUT2D eigenvalue weighted by Gasteiger charge is -2.32. The number of alkyl halides is 3. The van der Waals surface area contributed by atoms with Crippen LogP contribution in [0.5, 0.6) is 0 Å². The molecule has 1 aromatic rings. The number of hydrogen-bond donors (Lipinski definition) is 2. The Hall–Kier alpha value is -0.970. The topological polar surface area (TPSA) is 52.8 Å². The van der Waals surface area contributed by atoms with Crippen molar-refractivity contribution in [2.24, 2.45) is 10.9 Å². The summed E-state index contributed by atoms with van der Waals surface area (Å²) in [5.41, 5.74) is 1.07. The first-order valence-corrected chi connectivity index (χ1v) is 9.64. The van der Waals surface area contributed by atoms with Crippen LogP contribution in [0.1, 0.15) is 43.3 Å². The Labute approximate surface area is 182 Å². The van der Waals surface area contributed by atoms with E-state index in [1.807, 2.05) is 26.8 Å². The number of rotatable bonds is 7. The summed E-state index contributed by atoms with van der Waals surface area (Å²) in [4.78, 5) is 6.10. The van der Waals surface area contributed by atoms with Gasteiger partial charge in [-0.15, -0.1) is 24.0 Å². The Morgan fingerprint density at radius 2 is 1.93 bits per heavy atom. The third kappa shape index (κ3) is 9.02. The van der Waals surface area contributed by atoms with E-state index in [-0.39, 0.29) is 24.0 Å². The number of furan rings is 1. The summed E-state index contributed by atoms with van der Waals surface area (Å²) < 4.78 is 42.9. The van der Waals surface area contributed by atoms with Gasteiger partial charge in [0.15, 0.2) is 5.96 Å². The Kier molecular flexibility index (Phi) is 10.6. The van der Waals surface area contributed by atoms with Crippen molar-refractivity contribution in [1.82, 2.24) is 15.5 Å². The van der Waals surface area contributed by atoms with E-state index < -0.39 is 12.7 Å². The fraction of sp³-hybridized carbons (Fsp3) is 0.737. The van der Waals surface area contributed by atoms with Crippen LogP contribution in [0.25, 0.3) is 0 Å². The molecule has 2 heterocycles. The van der Waals surface area contributed by atoms with Gasteiger partial charge in [-0.1, -0.05) is 0 Å². The molecular weight excluding hydrogens is 484 g/mol. The van der Waals surface area contributed by atoms with E-state index in [0.29, 0.717) is 25.6 Å². The van der Waals surface area contributed by atoms with E-state index in [4.69, 9.17) is 4.42 Å². The van der Waals surface area contributed by atoms with Crippen LogP contribution in [0, 0.1) is 19.8 Å². The molecule has 1 aromatic heterocycles. The first kappa shape index (κ1) is 25.1. The van der Waals surface area contributed by atoms with Crippen molar-refractivity contribution >= 4 is 29.9 Å². The third-order valence-electron chi connectivity index (χ3n) is 4.85. The molecule has 0 spiro atoms. The lowest BCUT2D eigenvalue weighted by atomic mass is 9.93. The molecular formula is C19H32F3IN4O. The van der Waals surface area contributed by atoms with Gasteiger partial charge < -0.3 is 15.1 Å². The van der Waals surface area contributed by atoms with Crippen LogP contribution in [-0.2, 0) is 6.54 Å². The van der Waals surface area contributed by atoms with Gasteiger partial charge in [-0.3, -0.25) is 4.90 Å². The SMILES string of the molecule is CCNC(=NCc1cc(C)oc1C)NCCC1CCN(CC(F)(F)F)CC1.I. The number of halogens is 4. The maximum Gasteiger partial charge on any atom is 0.401 e. The Morgan fingerprint density at radius 1 is 1.25 bits per heavy atom. The number of likely N-dealkylation sites (tertiary alicyclic amines) is 1. The Balaban J connectivity index is 0.00000392. The van der Waals surface area contributed by atoms with Crippen molar-refractivity contribution in [1.29, 1.82) is 0 Å². The molecule has 0 unspecified atom stereocenters. The van der Waals surface area contributed by atoms with E-state index in [0.717, 1.165) is 55.4 Å². The zero-order chi connectivity index (χ0) is 19.9. The van der Waals surface area contributed by atoms with E-state index in [2.05, 4.69) is 15.6 Å².